The molecule has 8 heteroatoms. The Morgan fingerprint density at radius 3 is 2.12 bits per heavy atom. The minimum Gasteiger partial charge on any atom is -0.491 e. The number of amides is 1. The number of ether oxygens (including phenoxy) is 2. The van der Waals surface area contributed by atoms with Crippen LogP contribution in [-0.2, 0) is 10.3 Å². The molecule has 0 radical (unpaired) electrons. The number of hydrogen-bond donors (Lipinski definition) is 0. The molecule has 0 saturated carbocycles. The SMILES string of the molecule is C=C=C(C=CC=CC)COC(=O)N1CCN(c2cc(-c3nn(C(c4ccccc4)(c4ccccc4)c4ccccc4)c4ccc(OC(C)C)cc34)ccn2)CC1C. The molecule has 1 amide bonds. The Morgan fingerprint density at radius 2 is 1.54 bits per heavy atom. The zero-order chi connectivity index (χ0) is 39.8. The van der Waals surface area contributed by atoms with Gasteiger partial charge in [0.05, 0.1) is 11.6 Å². The second-order valence-electron chi connectivity index (χ2n) is 14.4. The Kier molecular flexibility index (Phi) is 11.8. The van der Waals surface area contributed by atoms with Gasteiger partial charge in [-0.15, -0.1) is 5.73 Å². The van der Waals surface area contributed by atoms with Gasteiger partial charge in [-0.2, -0.15) is 5.10 Å². The average molecular weight is 756 g/mol. The highest BCUT2D eigenvalue weighted by atomic mass is 16.6. The third-order valence-electron chi connectivity index (χ3n) is 10.3. The van der Waals surface area contributed by atoms with Crippen molar-refractivity contribution in [1.29, 1.82) is 0 Å². The molecule has 0 aliphatic carbocycles. The number of carbonyl (C=O) groups excluding carboxylic acids is 1. The van der Waals surface area contributed by atoms with Crippen molar-refractivity contribution in [3.63, 3.8) is 0 Å². The number of benzene rings is 4. The molecule has 0 N–H and O–H groups in total. The maximum Gasteiger partial charge on any atom is 0.410 e. The van der Waals surface area contributed by atoms with Crippen molar-refractivity contribution in [1.82, 2.24) is 19.7 Å². The summed E-state index contributed by atoms with van der Waals surface area (Å²) in [6.07, 6.45) is 9.05. The van der Waals surface area contributed by atoms with Crippen LogP contribution in [0.3, 0.4) is 0 Å². The Morgan fingerprint density at radius 1 is 0.895 bits per heavy atom. The highest BCUT2D eigenvalue weighted by Gasteiger charge is 2.41. The fourth-order valence-electron chi connectivity index (χ4n) is 7.66. The van der Waals surface area contributed by atoms with Crippen LogP contribution in [0.5, 0.6) is 5.75 Å². The van der Waals surface area contributed by atoms with E-state index in [0.29, 0.717) is 25.2 Å². The van der Waals surface area contributed by atoms with Gasteiger partial charge in [-0.3, -0.25) is 0 Å². The number of aromatic nitrogens is 3. The molecule has 1 fully saturated rings. The molecule has 6 aromatic rings. The first-order chi connectivity index (χ1) is 27.8. The number of rotatable bonds is 12. The molecule has 4 aromatic carbocycles. The molecule has 1 aliphatic heterocycles. The maximum atomic E-state index is 13.2. The van der Waals surface area contributed by atoms with Crippen LogP contribution < -0.4 is 9.64 Å². The highest BCUT2D eigenvalue weighted by Crippen LogP contribution is 2.44. The molecule has 1 saturated heterocycles. The first kappa shape index (κ1) is 38.6. The van der Waals surface area contributed by atoms with E-state index in [1.54, 1.807) is 4.90 Å². The van der Waals surface area contributed by atoms with Crippen LogP contribution in [-0.4, -0.2) is 64.1 Å². The van der Waals surface area contributed by atoms with Crippen LogP contribution in [0, 0.1) is 0 Å². The minimum absolute atomic E-state index is 0.00372. The lowest BCUT2D eigenvalue weighted by Crippen LogP contribution is -2.54. The molecule has 57 heavy (non-hydrogen) atoms. The molecule has 1 aliphatic rings. The van der Waals surface area contributed by atoms with Crippen LogP contribution in [0.1, 0.15) is 44.4 Å². The van der Waals surface area contributed by atoms with E-state index in [9.17, 15) is 4.79 Å². The summed E-state index contributed by atoms with van der Waals surface area (Å²) in [5, 5.41) is 6.57. The lowest BCUT2D eigenvalue weighted by atomic mass is 9.77. The summed E-state index contributed by atoms with van der Waals surface area (Å²) < 4.78 is 14.1. The number of hydrogen-bond acceptors (Lipinski definition) is 6. The molecular formula is C49H49N5O3. The van der Waals surface area contributed by atoms with Gasteiger partial charge in [0.1, 0.15) is 29.4 Å². The van der Waals surface area contributed by atoms with Gasteiger partial charge in [-0.05, 0) is 80.8 Å². The monoisotopic (exact) mass is 755 g/mol. The van der Waals surface area contributed by atoms with Gasteiger partial charge in [-0.25, -0.2) is 14.5 Å². The number of carbonyl (C=O) groups is 1. The normalized spacial score (nSPS) is 14.7. The van der Waals surface area contributed by atoms with Crippen molar-refractivity contribution in [2.75, 3.05) is 31.1 Å². The van der Waals surface area contributed by atoms with E-state index < -0.39 is 5.54 Å². The zero-order valence-corrected chi connectivity index (χ0v) is 33.1. The predicted molar refractivity (Wildman–Crippen MR) is 230 cm³/mol. The van der Waals surface area contributed by atoms with Crippen molar-refractivity contribution < 1.29 is 14.3 Å². The summed E-state index contributed by atoms with van der Waals surface area (Å²) in [6.45, 7) is 13.6. The number of fused-ring (bicyclic) bond motifs is 1. The molecule has 0 spiro atoms. The topological polar surface area (TPSA) is 72.7 Å². The number of allylic oxidation sites excluding steroid dienone is 3. The highest BCUT2D eigenvalue weighted by molar-refractivity contribution is 5.95. The number of pyridine rings is 1. The third-order valence-corrected chi connectivity index (χ3v) is 10.3. The molecular weight excluding hydrogens is 707 g/mol. The number of piperazine rings is 1. The van der Waals surface area contributed by atoms with E-state index >= 15 is 0 Å². The van der Waals surface area contributed by atoms with E-state index in [2.05, 4.69) is 131 Å². The van der Waals surface area contributed by atoms with Crippen LogP contribution in [0.4, 0.5) is 10.6 Å². The van der Waals surface area contributed by atoms with Crippen molar-refractivity contribution >= 4 is 22.8 Å². The summed E-state index contributed by atoms with van der Waals surface area (Å²) >= 11 is 0. The van der Waals surface area contributed by atoms with Gasteiger partial charge < -0.3 is 19.3 Å². The predicted octanol–water partition coefficient (Wildman–Crippen LogP) is 10.2. The minimum atomic E-state index is -0.817. The standard InChI is InChI=1S/C49H49N5O3/c1-6-8-12-19-38(7-2)35-56-48(55)53-31-30-52(34-37(53)5)46-32-39(28-29-50-46)47-44-33-43(57-36(3)4)26-27-45(44)54(51-47)49(40-20-13-9-14-21-40,41-22-15-10-16-23-41)42-24-17-11-18-25-42/h6,8-29,32-33,36-37H,2,30-31,34-35H2,1,3-5H3. The van der Waals surface area contributed by atoms with Gasteiger partial charge >= 0.3 is 6.09 Å². The summed E-state index contributed by atoms with van der Waals surface area (Å²) in [5.74, 6) is 1.59. The third kappa shape index (κ3) is 8.04. The molecule has 8 nitrogen and oxygen atoms in total. The zero-order valence-electron chi connectivity index (χ0n) is 33.1. The van der Waals surface area contributed by atoms with Crippen molar-refractivity contribution in [3.05, 3.63) is 186 Å². The largest absolute Gasteiger partial charge is 0.491 e. The Labute approximate surface area is 335 Å². The van der Waals surface area contributed by atoms with Gasteiger partial charge in [0.2, 0.25) is 0 Å². The van der Waals surface area contributed by atoms with Crippen molar-refractivity contribution in [2.24, 2.45) is 0 Å². The Bertz CT molecular complexity index is 2320. The first-order valence-electron chi connectivity index (χ1n) is 19.5. The van der Waals surface area contributed by atoms with Crippen molar-refractivity contribution in [2.45, 2.75) is 45.4 Å². The molecule has 1 unspecified atom stereocenters. The molecule has 0 bridgehead atoms. The number of nitrogens with zero attached hydrogens (tertiary/aromatic N) is 5. The second-order valence-corrected chi connectivity index (χ2v) is 14.4. The Hall–Kier alpha value is -6.63. The number of anilines is 1. The van der Waals surface area contributed by atoms with Crippen LogP contribution >= 0.6 is 0 Å². The molecule has 2 aromatic heterocycles. The van der Waals surface area contributed by atoms with Crippen LogP contribution in [0.25, 0.3) is 22.2 Å². The summed E-state index contributed by atoms with van der Waals surface area (Å²) in [4.78, 5) is 22.0. The van der Waals surface area contributed by atoms with Gasteiger partial charge in [-0.1, -0.05) is 116 Å². The molecule has 288 valence electrons. The smallest absolute Gasteiger partial charge is 0.410 e. The molecule has 7 rings (SSSR count). The van der Waals surface area contributed by atoms with E-state index in [1.165, 1.54) is 0 Å². The fourth-order valence-corrected chi connectivity index (χ4v) is 7.66. The summed E-state index contributed by atoms with van der Waals surface area (Å²) in [6, 6.07) is 42.1. The van der Waals surface area contributed by atoms with Gasteiger partial charge in [0.15, 0.2) is 0 Å². The molecule has 1 atom stereocenters. The lowest BCUT2D eigenvalue weighted by Gasteiger charge is -2.39. The van der Waals surface area contributed by atoms with E-state index in [-0.39, 0.29) is 24.8 Å². The average Bonchev–Trinajstić information content (AvgIpc) is 3.62. The van der Waals surface area contributed by atoms with Crippen LogP contribution in [0.15, 0.2) is 170 Å². The van der Waals surface area contributed by atoms with Gasteiger partial charge in [0.25, 0.3) is 0 Å². The summed E-state index contributed by atoms with van der Waals surface area (Å²) in [7, 11) is 0. The van der Waals surface area contributed by atoms with E-state index in [0.717, 1.165) is 50.4 Å². The Balaban J connectivity index is 1.29. The molecule has 3 heterocycles. The van der Waals surface area contributed by atoms with Crippen LogP contribution in [0.2, 0.25) is 0 Å². The summed E-state index contributed by atoms with van der Waals surface area (Å²) in [5.41, 5.74) is 8.71. The lowest BCUT2D eigenvalue weighted by molar-refractivity contribution is 0.0922. The van der Waals surface area contributed by atoms with E-state index in [1.807, 2.05) is 70.3 Å². The van der Waals surface area contributed by atoms with E-state index in [4.69, 9.17) is 19.6 Å². The maximum absolute atomic E-state index is 13.2. The fraction of sp³-hybridized carbons (Fsp3) is 0.224. The quantitative estimate of drug-likeness (QED) is 0.0704. The van der Waals surface area contributed by atoms with Crippen molar-refractivity contribution in [3.8, 4) is 17.0 Å². The van der Waals surface area contributed by atoms with Gasteiger partial charge in [0, 0.05) is 48.4 Å². The first-order valence-corrected chi connectivity index (χ1v) is 19.5. The second kappa shape index (κ2) is 17.4.